The smallest absolute Gasteiger partial charge is 0.238 e. The zero-order valence-electron chi connectivity index (χ0n) is 20.5. The second-order valence-corrected chi connectivity index (χ2v) is 11.2. The molecule has 0 unspecified atom stereocenters. The number of sulfonamides is 1. The van der Waals surface area contributed by atoms with Gasteiger partial charge in [-0.1, -0.05) is 6.42 Å². The minimum Gasteiger partial charge on any atom is -0.475 e. The third kappa shape index (κ3) is 4.48. The van der Waals surface area contributed by atoms with Crippen molar-refractivity contribution >= 4 is 38.2 Å². The van der Waals surface area contributed by atoms with Crippen LogP contribution in [0.2, 0.25) is 0 Å². The summed E-state index contributed by atoms with van der Waals surface area (Å²) in [6.07, 6.45) is 6.40. The molecule has 1 saturated carbocycles. The monoisotopic (exact) mass is 531 g/mol. The maximum absolute atomic E-state index is 15.3. The summed E-state index contributed by atoms with van der Waals surface area (Å²) in [5, 5.41) is 3.51. The van der Waals surface area contributed by atoms with E-state index in [1.807, 2.05) is 0 Å². The Labute approximate surface area is 213 Å². The molecule has 12 heteroatoms. The Morgan fingerprint density at radius 2 is 1.95 bits per heavy atom. The Kier molecular flexibility index (Phi) is 6.48. The van der Waals surface area contributed by atoms with Crippen molar-refractivity contribution in [1.82, 2.24) is 15.3 Å². The van der Waals surface area contributed by atoms with Gasteiger partial charge in [0.15, 0.2) is 0 Å². The summed E-state index contributed by atoms with van der Waals surface area (Å²) >= 11 is 0. The Hall–Kier alpha value is -3.38. The van der Waals surface area contributed by atoms with Crippen LogP contribution in [0.4, 0.5) is 20.2 Å². The van der Waals surface area contributed by atoms with Crippen molar-refractivity contribution in [3.63, 3.8) is 0 Å². The maximum Gasteiger partial charge on any atom is 0.238 e. The van der Waals surface area contributed by atoms with E-state index in [2.05, 4.69) is 20.0 Å². The lowest BCUT2D eigenvalue weighted by Crippen LogP contribution is -2.43. The highest BCUT2D eigenvalue weighted by Gasteiger charge is 2.54. The number of aromatic nitrogens is 2. The van der Waals surface area contributed by atoms with Crippen LogP contribution in [0.1, 0.15) is 24.8 Å². The highest BCUT2D eigenvalue weighted by atomic mass is 32.2. The molecule has 9 nitrogen and oxygen atoms in total. The van der Waals surface area contributed by atoms with Gasteiger partial charge in [0.2, 0.25) is 21.8 Å². The number of anilines is 2. The van der Waals surface area contributed by atoms with Crippen molar-refractivity contribution < 1.29 is 26.7 Å². The lowest BCUT2D eigenvalue weighted by atomic mass is 9.64. The van der Waals surface area contributed by atoms with Gasteiger partial charge in [-0.25, -0.2) is 22.2 Å². The largest absolute Gasteiger partial charge is 0.475 e. The first kappa shape index (κ1) is 25.3. The van der Waals surface area contributed by atoms with Gasteiger partial charge in [0.05, 0.1) is 29.1 Å². The van der Waals surface area contributed by atoms with E-state index in [4.69, 9.17) is 4.74 Å². The first-order chi connectivity index (χ1) is 17.6. The minimum absolute atomic E-state index is 0.0145. The number of nitrogens with zero attached hydrogens (tertiary/aromatic N) is 3. The van der Waals surface area contributed by atoms with Gasteiger partial charge in [-0.3, -0.25) is 14.5 Å². The van der Waals surface area contributed by atoms with Crippen LogP contribution in [0.15, 0.2) is 30.6 Å². The number of hydrogen-bond donors (Lipinski definition) is 2. The van der Waals surface area contributed by atoms with Gasteiger partial charge in [-0.05, 0) is 25.0 Å². The van der Waals surface area contributed by atoms with Gasteiger partial charge in [-0.15, -0.1) is 0 Å². The fourth-order valence-corrected chi connectivity index (χ4v) is 5.66. The molecule has 2 aromatic heterocycles. The number of fused-ring (bicyclic) bond motifs is 4. The standard InChI is InChI=1S/C25H27F2N5O4S/c1-32-21-14-29-19-12-18(27)16(11-17(19)22(21)25(24(32)33)4-3-5-25)15-10-20(31-37(2,34)35)23(30-13-15)36-9-8-28-7-6-26/h10-14,28,31H,3-9H2,1-2H3. The molecule has 37 heavy (non-hydrogen) atoms. The molecular weight excluding hydrogens is 504 g/mol. The molecule has 0 saturated heterocycles. The van der Waals surface area contributed by atoms with Crippen LogP contribution in [0, 0.1) is 5.82 Å². The van der Waals surface area contributed by atoms with Crippen LogP contribution in [0.25, 0.3) is 22.0 Å². The Morgan fingerprint density at radius 3 is 2.62 bits per heavy atom. The number of hydrogen-bond acceptors (Lipinski definition) is 7. The average molecular weight is 532 g/mol. The van der Waals surface area contributed by atoms with E-state index < -0.39 is 27.9 Å². The number of likely N-dealkylation sites (N-methyl/N-ethyl adjacent to an activating group) is 1. The van der Waals surface area contributed by atoms with Crippen LogP contribution in [-0.4, -0.2) is 64.0 Å². The predicted octanol–water partition coefficient (Wildman–Crippen LogP) is 3.14. The van der Waals surface area contributed by atoms with E-state index in [1.54, 1.807) is 24.2 Å². The molecule has 1 spiro atoms. The number of nitrogens with one attached hydrogen (secondary N) is 2. The van der Waals surface area contributed by atoms with Crippen molar-refractivity contribution in [3.05, 3.63) is 42.0 Å². The van der Waals surface area contributed by atoms with Crippen LogP contribution in [0.3, 0.4) is 0 Å². The molecule has 2 aliphatic rings. The van der Waals surface area contributed by atoms with Gasteiger partial charge in [-0.2, -0.15) is 0 Å². The van der Waals surface area contributed by atoms with Crippen molar-refractivity contribution in [2.75, 3.05) is 49.3 Å². The third-order valence-electron chi connectivity index (χ3n) is 6.94. The summed E-state index contributed by atoms with van der Waals surface area (Å²) in [6.45, 7) is 0.108. The van der Waals surface area contributed by atoms with Crippen molar-refractivity contribution in [1.29, 1.82) is 0 Å². The van der Waals surface area contributed by atoms with E-state index in [-0.39, 0.29) is 36.2 Å². The fraction of sp³-hybridized carbons (Fsp3) is 0.400. The second kappa shape index (κ2) is 9.49. The third-order valence-corrected chi connectivity index (χ3v) is 7.53. The predicted molar refractivity (Wildman–Crippen MR) is 137 cm³/mol. The lowest BCUT2D eigenvalue weighted by molar-refractivity contribution is -0.125. The topological polar surface area (TPSA) is 114 Å². The SMILES string of the molecule is CN1C(=O)C2(CCC2)c2c1cnc1cc(F)c(-c3cnc(OCCNCCF)c(NS(C)(=O)=O)c3)cc21. The Bertz CT molecular complexity index is 1490. The van der Waals surface area contributed by atoms with E-state index >= 15 is 4.39 Å². The molecular formula is C25H27F2N5O4S. The van der Waals surface area contributed by atoms with Crippen molar-refractivity contribution in [2.45, 2.75) is 24.7 Å². The minimum atomic E-state index is -3.70. The van der Waals surface area contributed by atoms with E-state index in [0.717, 1.165) is 36.8 Å². The summed E-state index contributed by atoms with van der Waals surface area (Å²) in [5.74, 6) is -0.519. The van der Waals surface area contributed by atoms with Gasteiger partial charge in [0.1, 0.15) is 24.8 Å². The fourth-order valence-electron chi connectivity index (χ4n) is 5.11. The van der Waals surface area contributed by atoms with Crippen molar-refractivity contribution in [2.24, 2.45) is 0 Å². The molecule has 0 bridgehead atoms. The second-order valence-electron chi connectivity index (χ2n) is 9.41. The van der Waals surface area contributed by atoms with E-state index in [9.17, 15) is 17.6 Å². The molecule has 1 aromatic carbocycles. The molecule has 5 rings (SSSR count). The van der Waals surface area contributed by atoms with Crippen LogP contribution in [0.5, 0.6) is 5.88 Å². The summed E-state index contributed by atoms with van der Waals surface area (Å²) < 4.78 is 59.5. The number of carbonyl (C=O) groups is 1. The highest BCUT2D eigenvalue weighted by Crippen LogP contribution is 2.55. The molecule has 2 N–H and O–H groups in total. The average Bonchev–Trinajstić information content (AvgIpc) is 3.05. The molecule has 1 aliphatic heterocycles. The first-order valence-electron chi connectivity index (χ1n) is 11.9. The lowest BCUT2D eigenvalue weighted by Gasteiger charge is -2.37. The Balaban J connectivity index is 1.58. The summed E-state index contributed by atoms with van der Waals surface area (Å²) in [6, 6.07) is 4.44. The van der Waals surface area contributed by atoms with E-state index in [1.165, 1.54) is 18.3 Å². The number of benzene rings is 1. The van der Waals surface area contributed by atoms with Crippen LogP contribution >= 0.6 is 0 Å². The number of carbonyl (C=O) groups excluding carboxylic acids is 1. The molecule has 0 radical (unpaired) electrons. The molecule has 1 amide bonds. The first-order valence-corrected chi connectivity index (χ1v) is 13.8. The number of amides is 1. The van der Waals surface area contributed by atoms with Crippen LogP contribution in [-0.2, 0) is 20.2 Å². The molecule has 1 fully saturated rings. The maximum atomic E-state index is 15.3. The van der Waals surface area contributed by atoms with Gasteiger partial charge in [0.25, 0.3) is 0 Å². The number of ether oxygens (including phenoxy) is 1. The zero-order chi connectivity index (χ0) is 26.4. The quantitative estimate of drug-likeness (QED) is 0.408. The normalized spacial score (nSPS) is 16.2. The molecule has 196 valence electrons. The van der Waals surface area contributed by atoms with Gasteiger partial charge in [0, 0.05) is 54.5 Å². The molecule has 3 heterocycles. The molecule has 1 aliphatic carbocycles. The summed E-state index contributed by atoms with van der Waals surface area (Å²) in [7, 11) is -1.97. The number of pyridine rings is 2. The van der Waals surface area contributed by atoms with Gasteiger partial charge < -0.3 is 15.0 Å². The Morgan fingerprint density at radius 1 is 1.16 bits per heavy atom. The number of rotatable bonds is 9. The summed E-state index contributed by atoms with van der Waals surface area (Å²) in [4.78, 5) is 23.4. The van der Waals surface area contributed by atoms with Crippen LogP contribution < -0.4 is 19.7 Å². The van der Waals surface area contributed by atoms with E-state index in [0.29, 0.717) is 23.0 Å². The number of halogens is 2. The highest BCUT2D eigenvalue weighted by molar-refractivity contribution is 7.92. The molecule has 3 aromatic rings. The van der Waals surface area contributed by atoms with Gasteiger partial charge >= 0.3 is 0 Å². The molecule has 0 atom stereocenters. The number of alkyl halides is 1. The summed E-state index contributed by atoms with van der Waals surface area (Å²) in [5.41, 5.74) is 1.98. The zero-order valence-corrected chi connectivity index (χ0v) is 21.3. The van der Waals surface area contributed by atoms with Crippen molar-refractivity contribution in [3.8, 4) is 17.0 Å².